The third-order valence-corrected chi connectivity index (χ3v) is 4.45. The molecule has 1 amide bonds. The van der Waals surface area contributed by atoms with Crippen molar-refractivity contribution >= 4 is 17.7 Å². The van der Waals surface area contributed by atoms with Crippen molar-refractivity contribution < 1.29 is 9.72 Å². The van der Waals surface area contributed by atoms with E-state index in [2.05, 4.69) is 36.2 Å². The number of likely N-dealkylation sites (N-methyl/N-ethyl adjacent to an activating group) is 1. The van der Waals surface area contributed by atoms with Gasteiger partial charge in [-0.2, -0.15) is 0 Å². The second kappa shape index (κ2) is 10.2. The summed E-state index contributed by atoms with van der Waals surface area (Å²) in [5, 5.41) is 14.0. The molecule has 0 aromatic heterocycles. The highest BCUT2D eigenvalue weighted by Crippen LogP contribution is 2.20. The molecule has 6 heteroatoms. The van der Waals surface area contributed by atoms with Crippen molar-refractivity contribution in [3.8, 4) is 0 Å². The van der Waals surface area contributed by atoms with Crippen LogP contribution in [0.5, 0.6) is 0 Å². The lowest BCUT2D eigenvalue weighted by Crippen LogP contribution is -2.37. The van der Waals surface area contributed by atoms with E-state index in [1.165, 1.54) is 18.2 Å². The van der Waals surface area contributed by atoms with E-state index in [9.17, 15) is 14.9 Å². The van der Waals surface area contributed by atoms with Crippen LogP contribution in [0.15, 0.2) is 60.7 Å². The van der Waals surface area contributed by atoms with Gasteiger partial charge in [0.2, 0.25) is 5.91 Å². The number of hydrogen-bond acceptors (Lipinski definition) is 4. The molecule has 2 rings (SSSR count). The van der Waals surface area contributed by atoms with E-state index in [0.717, 1.165) is 18.7 Å². The van der Waals surface area contributed by atoms with Crippen LogP contribution in [0.2, 0.25) is 0 Å². The number of para-hydroxylation sites is 1. The monoisotopic (exact) mass is 367 g/mol. The van der Waals surface area contributed by atoms with Crippen molar-refractivity contribution in [1.29, 1.82) is 0 Å². The van der Waals surface area contributed by atoms with Gasteiger partial charge in [0.25, 0.3) is 5.69 Å². The number of nitrogens with one attached hydrogen (secondary N) is 1. The summed E-state index contributed by atoms with van der Waals surface area (Å²) >= 11 is 0. The fourth-order valence-corrected chi connectivity index (χ4v) is 3.01. The molecule has 0 saturated carbocycles. The number of rotatable bonds is 9. The number of nitro groups is 1. The molecule has 0 aliphatic carbocycles. The van der Waals surface area contributed by atoms with Crippen molar-refractivity contribution in [3.05, 3.63) is 81.9 Å². The zero-order valence-electron chi connectivity index (χ0n) is 15.7. The molecule has 2 aromatic rings. The first-order chi connectivity index (χ1) is 13.1. The van der Waals surface area contributed by atoms with Crippen molar-refractivity contribution in [1.82, 2.24) is 10.2 Å². The van der Waals surface area contributed by atoms with E-state index >= 15 is 0 Å². The van der Waals surface area contributed by atoms with E-state index in [-0.39, 0.29) is 17.6 Å². The SMILES string of the molecule is CCN(CC)C(CNC(=O)/C=C/c1ccccc1[N+](=O)[O-])c1ccccc1. The van der Waals surface area contributed by atoms with Gasteiger partial charge in [-0.15, -0.1) is 0 Å². The Morgan fingerprint density at radius 1 is 1.11 bits per heavy atom. The Morgan fingerprint density at radius 2 is 1.74 bits per heavy atom. The maximum atomic E-state index is 12.2. The predicted octanol–water partition coefficient (Wildman–Crippen LogP) is 3.81. The van der Waals surface area contributed by atoms with Gasteiger partial charge in [0, 0.05) is 18.7 Å². The Hall–Kier alpha value is -2.99. The van der Waals surface area contributed by atoms with Crippen LogP contribution in [0, 0.1) is 10.1 Å². The van der Waals surface area contributed by atoms with Crippen LogP contribution in [-0.2, 0) is 4.79 Å². The molecule has 0 heterocycles. The summed E-state index contributed by atoms with van der Waals surface area (Å²) in [4.78, 5) is 25.1. The number of nitro benzene ring substituents is 1. The number of carbonyl (C=O) groups excluding carboxylic acids is 1. The Bertz CT molecular complexity index is 786. The lowest BCUT2D eigenvalue weighted by molar-refractivity contribution is -0.385. The maximum absolute atomic E-state index is 12.2. The van der Waals surface area contributed by atoms with Crippen LogP contribution in [0.25, 0.3) is 6.08 Å². The molecule has 0 spiro atoms. The molecule has 0 saturated heterocycles. The Balaban J connectivity index is 2.07. The average Bonchev–Trinajstić information content (AvgIpc) is 2.70. The lowest BCUT2D eigenvalue weighted by atomic mass is 10.1. The van der Waals surface area contributed by atoms with Crippen molar-refractivity contribution in [3.63, 3.8) is 0 Å². The minimum atomic E-state index is -0.455. The molecule has 1 N–H and O–H groups in total. The summed E-state index contributed by atoms with van der Waals surface area (Å²) in [7, 11) is 0. The topological polar surface area (TPSA) is 75.5 Å². The highest BCUT2D eigenvalue weighted by Gasteiger charge is 2.18. The van der Waals surface area contributed by atoms with Crippen LogP contribution in [-0.4, -0.2) is 35.4 Å². The molecule has 6 nitrogen and oxygen atoms in total. The average molecular weight is 367 g/mol. The van der Waals surface area contributed by atoms with E-state index in [1.54, 1.807) is 18.2 Å². The first kappa shape index (κ1) is 20.3. The minimum absolute atomic E-state index is 0.0214. The van der Waals surface area contributed by atoms with Crippen LogP contribution in [0.4, 0.5) is 5.69 Å². The molecule has 1 atom stereocenters. The molecule has 27 heavy (non-hydrogen) atoms. The molecule has 2 aromatic carbocycles. The number of amides is 1. The summed E-state index contributed by atoms with van der Waals surface area (Å²) in [5.74, 6) is -0.277. The standard InChI is InChI=1S/C21H25N3O3/c1-3-23(4-2)20(17-10-6-5-7-11-17)16-22-21(25)15-14-18-12-8-9-13-19(18)24(26)27/h5-15,20H,3-4,16H2,1-2H3,(H,22,25)/b15-14+. The van der Waals surface area contributed by atoms with Crippen LogP contribution >= 0.6 is 0 Å². The summed E-state index contributed by atoms with van der Waals surface area (Å²) in [6, 6.07) is 16.5. The first-order valence-corrected chi connectivity index (χ1v) is 9.05. The summed E-state index contributed by atoms with van der Waals surface area (Å²) in [6.45, 7) is 6.40. The predicted molar refractivity (Wildman–Crippen MR) is 107 cm³/mol. The van der Waals surface area contributed by atoms with E-state index < -0.39 is 4.92 Å². The van der Waals surface area contributed by atoms with Crippen molar-refractivity contribution in [2.45, 2.75) is 19.9 Å². The fraction of sp³-hybridized carbons (Fsp3) is 0.286. The van der Waals surface area contributed by atoms with Gasteiger partial charge >= 0.3 is 0 Å². The molecule has 0 bridgehead atoms. The van der Waals surface area contributed by atoms with Gasteiger partial charge in [0.05, 0.1) is 16.5 Å². The summed E-state index contributed by atoms with van der Waals surface area (Å²) in [6.07, 6.45) is 2.81. The fourth-order valence-electron chi connectivity index (χ4n) is 3.01. The molecule has 0 aliphatic heterocycles. The lowest BCUT2D eigenvalue weighted by Gasteiger charge is -2.30. The first-order valence-electron chi connectivity index (χ1n) is 9.05. The maximum Gasteiger partial charge on any atom is 0.276 e. The Morgan fingerprint density at radius 3 is 2.37 bits per heavy atom. The van der Waals surface area contributed by atoms with Crippen LogP contribution in [0.1, 0.15) is 31.0 Å². The normalized spacial score (nSPS) is 12.3. The summed E-state index contributed by atoms with van der Waals surface area (Å²) < 4.78 is 0. The van der Waals surface area contributed by atoms with Gasteiger partial charge in [-0.25, -0.2) is 0 Å². The molecule has 0 fully saturated rings. The van der Waals surface area contributed by atoms with Crippen LogP contribution < -0.4 is 5.32 Å². The molecule has 1 unspecified atom stereocenters. The van der Waals surface area contributed by atoms with E-state index in [1.807, 2.05) is 18.2 Å². The van der Waals surface area contributed by atoms with Crippen LogP contribution in [0.3, 0.4) is 0 Å². The summed E-state index contributed by atoms with van der Waals surface area (Å²) in [5.41, 5.74) is 1.53. The molecular weight excluding hydrogens is 342 g/mol. The number of benzene rings is 2. The van der Waals surface area contributed by atoms with Gasteiger partial charge in [-0.1, -0.05) is 56.3 Å². The van der Waals surface area contributed by atoms with Gasteiger partial charge in [0.1, 0.15) is 0 Å². The minimum Gasteiger partial charge on any atom is -0.351 e. The second-order valence-corrected chi connectivity index (χ2v) is 6.04. The smallest absolute Gasteiger partial charge is 0.276 e. The van der Waals surface area contributed by atoms with E-state index in [0.29, 0.717) is 12.1 Å². The number of hydrogen-bond donors (Lipinski definition) is 1. The molecular formula is C21H25N3O3. The van der Waals surface area contributed by atoms with Gasteiger partial charge in [0.15, 0.2) is 0 Å². The Labute approximate surface area is 159 Å². The third kappa shape index (κ3) is 5.76. The third-order valence-electron chi connectivity index (χ3n) is 4.45. The second-order valence-electron chi connectivity index (χ2n) is 6.04. The quantitative estimate of drug-likeness (QED) is 0.415. The van der Waals surface area contributed by atoms with Gasteiger partial charge in [-0.3, -0.25) is 19.8 Å². The molecule has 142 valence electrons. The van der Waals surface area contributed by atoms with Gasteiger partial charge in [-0.05, 0) is 30.8 Å². The van der Waals surface area contributed by atoms with E-state index in [4.69, 9.17) is 0 Å². The zero-order chi connectivity index (χ0) is 19.6. The van der Waals surface area contributed by atoms with Crippen molar-refractivity contribution in [2.75, 3.05) is 19.6 Å². The molecule has 0 radical (unpaired) electrons. The number of nitrogens with zero attached hydrogens (tertiary/aromatic N) is 2. The molecule has 0 aliphatic rings. The zero-order valence-corrected chi connectivity index (χ0v) is 15.7. The van der Waals surface area contributed by atoms with Crippen molar-refractivity contribution in [2.24, 2.45) is 0 Å². The largest absolute Gasteiger partial charge is 0.351 e. The highest BCUT2D eigenvalue weighted by molar-refractivity contribution is 5.92. The van der Waals surface area contributed by atoms with Gasteiger partial charge < -0.3 is 5.32 Å². The number of carbonyl (C=O) groups is 1. The Kier molecular flexibility index (Phi) is 7.70. The highest BCUT2D eigenvalue weighted by atomic mass is 16.6.